The molecule has 2 aliphatic rings. The van der Waals surface area contributed by atoms with Crippen LogP contribution >= 0.6 is 0 Å². The molecule has 0 amide bonds. The van der Waals surface area contributed by atoms with Crippen molar-refractivity contribution in [1.29, 1.82) is 0 Å². The van der Waals surface area contributed by atoms with Crippen molar-refractivity contribution in [3.63, 3.8) is 0 Å². The van der Waals surface area contributed by atoms with E-state index in [4.69, 9.17) is 4.74 Å². The predicted octanol–water partition coefficient (Wildman–Crippen LogP) is 3.50. The number of aliphatic hydroxyl groups is 2. The first-order chi connectivity index (χ1) is 12.5. The molecule has 0 aromatic heterocycles. The van der Waals surface area contributed by atoms with Crippen LogP contribution in [0.25, 0.3) is 0 Å². The van der Waals surface area contributed by atoms with Gasteiger partial charge in [0, 0.05) is 31.1 Å². The maximum Gasteiger partial charge on any atom is 0.305 e. The fraction of sp³-hybridized carbons (Fsp3) is 0.762. The molecule has 2 fully saturated rings. The third kappa shape index (κ3) is 6.13. The Balaban J connectivity index is 1.81. The van der Waals surface area contributed by atoms with E-state index in [9.17, 15) is 15.0 Å². The number of fused-ring (bicyclic) bond motifs is 1. The monoisotopic (exact) mass is 366 g/mol. The number of aliphatic hydroxyl groups excluding tert-OH is 2. The highest BCUT2D eigenvalue weighted by Gasteiger charge is 2.46. The molecular weight excluding hydrogens is 332 g/mol. The first-order valence-corrected chi connectivity index (χ1v) is 10.0. The van der Waals surface area contributed by atoms with Crippen molar-refractivity contribution in [2.75, 3.05) is 7.11 Å². The molecule has 1 aliphatic heterocycles. The number of allylic oxidation sites excluding steroid dienone is 2. The van der Waals surface area contributed by atoms with E-state index in [-0.39, 0.29) is 23.9 Å². The van der Waals surface area contributed by atoms with Gasteiger partial charge in [-0.2, -0.15) is 0 Å². The van der Waals surface area contributed by atoms with E-state index in [1.807, 2.05) is 12.2 Å². The van der Waals surface area contributed by atoms with Crippen molar-refractivity contribution in [2.45, 2.75) is 83.0 Å². The van der Waals surface area contributed by atoms with Gasteiger partial charge in [0.25, 0.3) is 0 Å². The van der Waals surface area contributed by atoms with E-state index in [1.165, 1.54) is 7.11 Å². The van der Waals surface area contributed by atoms with E-state index in [0.29, 0.717) is 12.8 Å². The molecule has 0 bridgehead atoms. The quantitative estimate of drug-likeness (QED) is 0.352. The van der Waals surface area contributed by atoms with Crippen LogP contribution in [-0.4, -0.2) is 41.6 Å². The number of unbranched alkanes of at least 4 members (excludes halogenated alkanes) is 3. The summed E-state index contributed by atoms with van der Waals surface area (Å²) in [5.41, 5.74) is 0. The molecule has 5 heteroatoms. The number of rotatable bonds is 10. The van der Waals surface area contributed by atoms with Crippen LogP contribution in [0.1, 0.15) is 64.7 Å². The Morgan fingerprint density at radius 1 is 1.38 bits per heavy atom. The molecule has 1 saturated heterocycles. The number of carbonyl (C=O) groups excluding carboxylic acids is 1. The van der Waals surface area contributed by atoms with Gasteiger partial charge >= 0.3 is 5.97 Å². The van der Waals surface area contributed by atoms with Crippen molar-refractivity contribution < 1.29 is 24.5 Å². The molecule has 5 atom stereocenters. The summed E-state index contributed by atoms with van der Waals surface area (Å²) in [5.74, 6) is 1.11. The van der Waals surface area contributed by atoms with Crippen LogP contribution in [0.4, 0.5) is 0 Å². The number of hydrogen-bond acceptors (Lipinski definition) is 5. The van der Waals surface area contributed by atoms with Gasteiger partial charge in [-0.1, -0.05) is 38.3 Å². The zero-order valence-electron chi connectivity index (χ0n) is 16.1. The third-order valence-corrected chi connectivity index (χ3v) is 5.47. The summed E-state index contributed by atoms with van der Waals surface area (Å²) in [6.45, 7) is 2.15. The first-order valence-electron chi connectivity index (χ1n) is 10.0. The summed E-state index contributed by atoms with van der Waals surface area (Å²) in [5, 5.41) is 20.4. The second-order valence-corrected chi connectivity index (χ2v) is 7.49. The van der Waals surface area contributed by atoms with Gasteiger partial charge in [0.2, 0.25) is 0 Å². The van der Waals surface area contributed by atoms with Crippen LogP contribution in [-0.2, 0) is 14.3 Å². The molecule has 2 rings (SSSR count). The van der Waals surface area contributed by atoms with Crippen molar-refractivity contribution in [3.05, 3.63) is 24.0 Å². The second-order valence-electron chi connectivity index (χ2n) is 7.49. The van der Waals surface area contributed by atoms with Gasteiger partial charge in [0.05, 0.1) is 25.1 Å². The molecule has 0 spiro atoms. The number of methoxy groups -OCH3 is 1. The van der Waals surface area contributed by atoms with Gasteiger partial charge in [0.1, 0.15) is 6.10 Å². The summed E-state index contributed by atoms with van der Waals surface area (Å²) in [6, 6.07) is 0. The Labute approximate surface area is 157 Å². The van der Waals surface area contributed by atoms with Crippen molar-refractivity contribution in [2.24, 2.45) is 11.8 Å². The summed E-state index contributed by atoms with van der Waals surface area (Å²) in [7, 11) is 1.40. The summed E-state index contributed by atoms with van der Waals surface area (Å²) >= 11 is 0. The Kier molecular flexibility index (Phi) is 8.66. The zero-order valence-corrected chi connectivity index (χ0v) is 16.1. The molecule has 26 heavy (non-hydrogen) atoms. The largest absolute Gasteiger partial charge is 0.495 e. The molecule has 2 N–H and O–H groups in total. The van der Waals surface area contributed by atoms with Gasteiger partial charge in [-0.15, -0.1) is 0 Å². The van der Waals surface area contributed by atoms with Crippen molar-refractivity contribution in [1.82, 2.24) is 0 Å². The molecule has 148 valence electrons. The highest BCUT2D eigenvalue weighted by molar-refractivity contribution is 5.69. The van der Waals surface area contributed by atoms with Gasteiger partial charge in [-0.25, -0.2) is 0 Å². The van der Waals surface area contributed by atoms with Crippen LogP contribution in [0.5, 0.6) is 0 Å². The lowest BCUT2D eigenvalue weighted by molar-refractivity contribution is -0.140. The molecule has 1 aliphatic carbocycles. The van der Waals surface area contributed by atoms with Crippen molar-refractivity contribution in [3.8, 4) is 0 Å². The topological polar surface area (TPSA) is 76.0 Å². The minimum atomic E-state index is -0.427. The number of hydrogen-bond donors (Lipinski definition) is 2. The maximum absolute atomic E-state index is 11.1. The zero-order chi connectivity index (χ0) is 18.9. The van der Waals surface area contributed by atoms with Crippen LogP contribution in [0.2, 0.25) is 0 Å². The second kappa shape index (κ2) is 10.7. The van der Waals surface area contributed by atoms with Gasteiger partial charge in [-0.3, -0.25) is 4.79 Å². The van der Waals surface area contributed by atoms with Gasteiger partial charge in [0.15, 0.2) is 0 Å². The molecule has 1 heterocycles. The smallest absolute Gasteiger partial charge is 0.305 e. The van der Waals surface area contributed by atoms with E-state index in [1.54, 1.807) is 0 Å². The van der Waals surface area contributed by atoms with Crippen molar-refractivity contribution >= 4 is 5.97 Å². The number of esters is 1. The lowest BCUT2D eigenvalue weighted by atomic mass is 9.90. The lowest BCUT2D eigenvalue weighted by Crippen LogP contribution is -2.18. The lowest BCUT2D eigenvalue weighted by Gasteiger charge is -2.16. The number of carbonyl (C=O) groups is 1. The molecule has 5 nitrogen and oxygen atoms in total. The fourth-order valence-corrected chi connectivity index (χ4v) is 3.95. The normalized spacial score (nSPS) is 30.5. The van der Waals surface area contributed by atoms with Crippen LogP contribution in [0.3, 0.4) is 0 Å². The van der Waals surface area contributed by atoms with E-state index < -0.39 is 12.2 Å². The maximum atomic E-state index is 11.1. The Morgan fingerprint density at radius 2 is 2.19 bits per heavy atom. The van der Waals surface area contributed by atoms with Crippen LogP contribution in [0, 0.1) is 11.8 Å². The first kappa shape index (κ1) is 21.0. The SMILES string of the molecule is CCCCC[C@H](O)/C=C\[C@H]1[C@@H]2C/C(=C/CCCC(=O)OC)O[C@@H]2C[C@@H]1O. The van der Waals surface area contributed by atoms with E-state index in [0.717, 1.165) is 50.7 Å². The Morgan fingerprint density at radius 3 is 2.92 bits per heavy atom. The van der Waals surface area contributed by atoms with Crippen LogP contribution < -0.4 is 0 Å². The van der Waals surface area contributed by atoms with E-state index >= 15 is 0 Å². The number of ether oxygens (including phenoxy) is 2. The highest BCUT2D eigenvalue weighted by atomic mass is 16.5. The van der Waals surface area contributed by atoms with Gasteiger partial charge in [-0.05, 0) is 25.3 Å². The standard InChI is InChI=1S/C21H34O5/c1-3-4-5-8-15(22)11-12-17-18-13-16(26-20(18)14-19(17)23)9-6-7-10-21(24)25-2/h9,11-12,15,17-20,22-23H,3-8,10,13-14H2,1-2H3/b12-11-,16-9-/t15-,17-,18-,19-,20+/m0/s1. The third-order valence-electron chi connectivity index (χ3n) is 5.47. The van der Waals surface area contributed by atoms with Gasteiger partial charge < -0.3 is 19.7 Å². The molecule has 0 radical (unpaired) electrons. The highest BCUT2D eigenvalue weighted by Crippen LogP contribution is 2.45. The molecule has 0 aromatic rings. The minimum absolute atomic E-state index is 0.0433. The minimum Gasteiger partial charge on any atom is -0.495 e. The molecular formula is C21H34O5. The fourth-order valence-electron chi connectivity index (χ4n) is 3.95. The predicted molar refractivity (Wildman–Crippen MR) is 100 cm³/mol. The van der Waals surface area contributed by atoms with E-state index in [2.05, 4.69) is 17.7 Å². The molecule has 0 unspecified atom stereocenters. The summed E-state index contributed by atoms with van der Waals surface area (Å²) < 4.78 is 10.6. The summed E-state index contributed by atoms with van der Waals surface area (Å²) in [6.07, 6.45) is 12.7. The molecule has 1 saturated carbocycles. The Bertz CT molecular complexity index is 499. The van der Waals surface area contributed by atoms with Crippen LogP contribution in [0.15, 0.2) is 24.0 Å². The molecule has 0 aromatic carbocycles. The Hall–Kier alpha value is -1.33. The summed E-state index contributed by atoms with van der Waals surface area (Å²) in [4.78, 5) is 11.1. The average Bonchev–Trinajstić information content (AvgIpc) is 3.13. The average molecular weight is 366 g/mol.